The lowest BCUT2D eigenvalue weighted by Gasteiger charge is -2.40. The molecule has 1 unspecified atom stereocenters. The number of aryl methyl sites for hydroxylation is 1. The Bertz CT molecular complexity index is 1150. The van der Waals surface area contributed by atoms with Gasteiger partial charge in [0.1, 0.15) is 5.82 Å². The molecule has 0 aliphatic carbocycles. The van der Waals surface area contributed by atoms with E-state index in [1.165, 1.54) is 5.56 Å². The van der Waals surface area contributed by atoms with Gasteiger partial charge in [-0.3, -0.25) is 4.90 Å². The standard InChI is InChI=1S/C23H23ClN6/c1-17-25-26-21-11-12-22(27-30(17)21)28-13-15-29(16-14-28)23(18-7-3-2-4-8-18)19-9-5-6-10-20(19)24/h2-12,23H,13-16H2,1H3. The van der Waals surface area contributed by atoms with Crippen molar-refractivity contribution in [1.29, 1.82) is 0 Å². The van der Waals surface area contributed by atoms with Crippen LogP contribution >= 0.6 is 11.6 Å². The van der Waals surface area contributed by atoms with Crippen molar-refractivity contribution in [2.24, 2.45) is 0 Å². The monoisotopic (exact) mass is 418 g/mol. The number of fused-ring (bicyclic) bond motifs is 1. The summed E-state index contributed by atoms with van der Waals surface area (Å²) >= 11 is 6.61. The van der Waals surface area contributed by atoms with Crippen molar-refractivity contribution < 1.29 is 0 Å². The molecule has 0 amide bonds. The van der Waals surface area contributed by atoms with E-state index in [0.29, 0.717) is 0 Å². The third-order valence-electron chi connectivity index (χ3n) is 5.72. The molecule has 7 heteroatoms. The van der Waals surface area contributed by atoms with Gasteiger partial charge in [-0.1, -0.05) is 60.1 Å². The average Bonchev–Trinajstić information content (AvgIpc) is 3.17. The molecule has 1 fully saturated rings. The number of nitrogens with zero attached hydrogens (tertiary/aromatic N) is 6. The van der Waals surface area contributed by atoms with Gasteiger partial charge in [-0.25, -0.2) is 0 Å². The normalized spacial score (nSPS) is 16.1. The molecule has 0 saturated carbocycles. The molecule has 0 N–H and O–H groups in total. The van der Waals surface area contributed by atoms with Gasteiger partial charge >= 0.3 is 0 Å². The van der Waals surface area contributed by atoms with Gasteiger partial charge < -0.3 is 4.90 Å². The van der Waals surface area contributed by atoms with Crippen molar-refractivity contribution in [3.8, 4) is 0 Å². The van der Waals surface area contributed by atoms with Gasteiger partial charge in [0.15, 0.2) is 11.5 Å². The first-order valence-electron chi connectivity index (χ1n) is 10.2. The van der Waals surface area contributed by atoms with Gasteiger partial charge in [0, 0.05) is 31.2 Å². The highest BCUT2D eigenvalue weighted by Gasteiger charge is 2.28. The molecule has 4 aromatic rings. The third kappa shape index (κ3) is 3.53. The van der Waals surface area contributed by atoms with Crippen molar-refractivity contribution >= 4 is 23.1 Å². The lowest BCUT2D eigenvalue weighted by molar-refractivity contribution is 0.212. The molecule has 0 spiro atoms. The molecular formula is C23H23ClN6. The van der Waals surface area contributed by atoms with Crippen LogP contribution in [0.4, 0.5) is 5.82 Å². The lowest BCUT2D eigenvalue weighted by Crippen LogP contribution is -2.48. The fraction of sp³-hybridized carbons (Fsp3) is 0.261. The minimum Gasteiger partial charge on any atom is -0.353 e. The van der Waals surface area contributed by atoms with E-state index in [4.69, 9.17) is 16.7 Å². The van der Waals surface area contributed by atoms with E-state index in [-0.39, 0.29) is 6.04 Å². The minimum absolute atomic E-state index is 0.137. The number of aromatic nitrogens is 4. The Hall–Kier alpha value is -2.96. The summed E-state index contributed by atoms with van der Waals surface area (Å²) in [7, 11) is 0. The highest BCUT2D eigenvalue weighted by molar-refractivity contribution is 6.31. The largest absolute Gasteiger partial charge is 0.353 e. The molecule has 2 aromatic carbocycles. The van der Waals surface area contributed by atoms with E-state index in [9.17, 15) is 0 Å². The first-order valence-corrected chi connectivity index (χ1v) is 10.6. The van der Waals surface area contributed by atoms with E-state index in [0.717, 1.165) is 54.1 Å². The van der Waals surface area contributed by atoms with Gasteiger partial charge in [-0.2, -0.15) is 4.52 Å². The number of hydrogen-bond acceptors (Lipinski definition) is 5. The summed E-state index contributed by atoms with van der Waals surface area (Å²) in [5, 5.41) is 13.8. The number of halogens is 1. The predicted molar refractivity (Wildman–Crippen MR) is 119 cm³/mol. The summed E-state index contributed by atoms with van der Waals surface area (Å²) in [6, 6.07) is 22.9. The summed E-state index contributed by atoms with van der Waals surface area (Å²) in [5.41, 5.74) is 3.19. The zero-order valence-corrected chi connectivity index (χ0v) is 17.6. The molecule has 5 rings (SSSR count). The predicted octanol–water partition coefficient (Wildman–Crippen LogP) is 4.00. The average molecular weight is 419 g/mol. The number of rotatable bonds is 4. The van der Waals surface area contributed by atoms with Crippen molar-refractivity contribution in [3.63, 3.8) is 0 Å². The Kier molecular flexibility index (Phi) is 5.11. The molecule has 2 aromatic heterocycles. The Morgan fingerprint density at radius 3 is 2.33 bits per heavy atom. The number of piperazine rings is 1. The van der Waals surface area contributed by atoms with Gasteiger partial charge in [-0.15, -0.1) is 15.3 Å². The van der Waals surface area contributed by atoms with Crippen LogP contribution in [-0.2, 0) is 0 Å². The maximum atomic E-state index is 6.61. The minimum atomic E-state index is 0.137. The van der Waals surface area contributed by atoms with Crippen LogP contribution in [0.2, 0.25) is 5.02 Å². The maximum absolute atomic E-state index is 6.61. The van der Waals surface area contributed by atoms with Crippen LogP contribution < -0.4 is 4.90 Å². The van der Waals surface area contributed by atoms with E-state index in [2.05, 4.69) is 62.5 Å². The first kappa shape index (κ1) is 19.0. The Labute approximate surface area is 180 Å². The Morgan fingerprint density at radius 1 is 0.833 bits per heavy atom. The summed E-state index contributed by atoms with van der Waals surface area (Å²) in [6.07, 6.45) is 0. The van der Waals surface area contributed by atoms with Gasteiger partial charge in [0.05, 0.1) is 6.04 Å². The van der Waals surface area contributed by atoms with Crippen LogP contribution in [0.15, 0.2) is 66.7 Å². The molecule has 0 radical (unpaired) electrons. The smallest absolute Gasteiger partial charge is 0.178 e. The summed E-state index contributed by atoms with van der Waals surface area (Å²) in [5.74, 6) is 1.76. The molecule has 0 bridgehead atoms. The molecule has 3 heterocycles. The number of hydrogen-bond donors (Lipinski definition) is 0. The summed E-state index contributed by atoms with van der Waals surface area (Å²) in [6.45, 7) is 5.56. The van der Waals surface area contributed by atoms with Crippen molar-refractivity contribution in [3.05, 3.63) is 88.7 Å². The SMILES string of the molecule is Cc1nnc2ccc(N3CCN(C(c4ccccc4)c4ccccc4Cl)CC3)nn12. The summed E-state index contributed by atoms with van der Waals surface area (Å²) in [4.78, 5) is 4.83. The van der Waals surface area contributed by atoms with Crippen molar-refractivity contribution in [2.75, 3.05) is 31.1 Å². The van der Waals surface area contributed by atoms with Crippen molar-refractivity contribution in [1.82, 2.24) is 24.7 Å². The number of benzene rings is 2. The van der Waals surface area contributed by atoms with Crippen molar-refractivity contribution in [2.45, 2.75) is 13.0 Å². The van der Waals surface area contributed by atoms with E-state index in [1.807, 2.05) is 31.2 Å². The van der Waals surface area contributed by atoms with Crippen LogP contribution in [0.25, 0.3) is 5.65 Å². The van der Waals surface area contributed by atoms with Gasteiger partial charge in [-0.05, 0) is 36.2 Å². The quantitative estimate of drug-likeness (QED) is 0.501. The van der Waals surface area contributed by atoms with Crippen LogP contribution in [0, 0.1) is 6.92 Å². The molecule has 1 atom stereocenters. The number of anilines is 1. The highest BCUT2D eigenvalue weighted by atomic mass is 35.5. The molecule has 1 aliphatic heterocycles. The third-order valence-corrected chi connectivity index (χ3v) is 6.07. The van der Waals surface area contributed by atoms with Crippen LogP contribution in [0.1, 0.15) is 23.0 Å². The van der Waals surface area contributed by atoms with Crippen LogP contribution in [0.3, 0.4) is 0 Å². The Balaban J connectivity index is 1.40. The first-order chi connectivity index (χ1) is 14.7. The fourth-order valence-corrected chi connectivity index (χ4v) is 4.42. The highest BCUT2D eigenvalue weighted by Crippen LogP contribution is 2.34. The Morgan fingerprint density at radius 2 is 1.57 bits per heavy atom. The molecule has 6 nitrogen and oxygen atoms in total. The van der Waals surface area contributed by atoms with Gasteiger partial charge in [0.2, 0.25) is 0 Å². The lowest BCUT2D eigenvalue weighted by atomic mass is 9.96. The second-order valence-corrected chi connectivity index (χ2v) is 7.97. The second-order valence-electron chi connectivity index (χ2n) is 7.57. The van der Waals surface area contributed by atoms with E-state index in [1.54, 1.807) is 4.52 Å². The maximum Gasteiger partial charge on any atom is 0.178 e. The topological polar surface area (TPSA) is 49.6 Å². The molecule has 1 saturated heterocycles. The van der Waals surface area contributed by atoms with E-state index < -0.39 is 0 Å². The summed E-state index contributed by atoms with van der Waals surface area (Å²) < 4.78 is 1.80. The molecule has 152 valence electrons. The zero-order valence-electron chi connectivity index (χ0n) is 16.8. The van der Waals surface area contributed by atoms with Crippen LogP contribution in [-0.4, -0.2) is 50.9 Å². The molecule has 30 heavy (non-hydrogen) atoms. The fourth-order valence-electron chi connectivity index (χ4n) is 4.18. The van der Waals surface area contributed by atoms with Gasteiger partial charge in [0.25, 0.3) is 0 Å². The second kappa shape index (κ2) is 8.05. The molecular weight excluding hydrogens is 396 g/mol. The zero-order chi connectivity index (χ0) is 20.5. The van der Waals surface area contributed by atoms with E-state index >= 15 is 0 Å². The van der Waals surface area contributed by atoms with Crippen LogP contribution in [0.5, 0.6) is 0 Å². The molecule has 1 aliphatic rings.